The number of carbonyl (C=O) groups is 1. The number of rotatable bonds is 2. The van der Waals surface area contributed by atoms with Gasteiger partial charge in [0.2, 0.25) is 0 Å². The zero-order valence-corrected chi connectivity index (χ0v) is 14.8. The van der Waals surface area contributed by atoms with Gasteiger partial charge in [-0.25, -0.2) is 4.79 Å². The van der Waals surface area contributed by atoms with E-state index in [0.717, 1.165) is 18.2 Å². The van der Waals surface area contributed by atoms with Crippen LogP contribution in [0.15, 0.2) is 33.5 Å². The minimum atomic E-state index is -0.555. The molecule has 1 aromatic carbocycles. The van der Waals surface area contributed by atoms with Crippen LogP contribution in [0.2, 0.25) is 0 Å². The summed E-state index contributed by atoms with van der Waals surface area (Å²) >= 11 is 0. The van der Waals surface area contributed by atoms with Crippen molar-refractivity contribution in [2.24, 2.45) is 11.7 Å². The molecule has 0 radical (unpaired) electrons. The van der Waals surface area contributed by atoms with Crippen LogP contribution in [-0.2, 0) is 0 Å². The average Bonchev–Trinajstić information content (AvgIpc) is 2.54. The van der Waals surface area contributed by atoms with E-state index in [-0.39, 0.29) is 29.9 Å². The number of piperidine rings is 1. The normalized spacial score (nSPS) is 16.7. The molecule has 6 heteroatoms. The van der Waals surface area contributed by atoms with Gasteiger partial charge in [0.05, 0.1) is 0 Å². The molecule has 1 aromatic heterocycles. The van der Waals surface area contributed by atoms with Crippen molar-refractivity contribution >= 4 is 29.3 Å². The molecule has 0 bridgehead atoms. The van der Waals surface area contributed by atoms with E-state index >= 15 is 0 Å². The van der Waals surface area contributed by atoms with Crippen LogP contribution < -0.4 is 11.4 Å². The summed E-state index contributed by atoms with van der Waals surface area (Å²) in [5, 5.41) is 0.806. The summed E-state index contributed by atoms with van der Waals surface area (Å²) in [7, 11) is 0. The molecule has 0 aliphatic carbocycles. The van der Waals surface area contributed by atoms with E-state index in [1.165, 1.54) is 0 Å². The van der Waals surface area contributed by atoms with Crippen LogP contribution >= 0.6 is 12.4 Å². The number of carbonyl (C=O) groups excluding carboxylic acids is 1. The van der Waals surface area contributed by atoms with E-state index in [4.69, 9.17) is 10.2 Å². The number of hydrogen-bond donors (Lipinski definition) is 1. The Hall–Kier alpha value is -1.85. The molecule has 1 amide bonds. The van der Waals surface area contributed by atoms with Gasteiger partial charge in [0, 0.05) is 24.5 Å². The number of amides is 1. The van der Waals surface area contributed by atoms with E-state index in [2.05, 4.69) is 0 Å². The number of halogens is 1. The van der Waals surface area contributed by atoms with Crippen LogP contribution in [0.25, 0.3) is 11.0 Å². The summed E-state index contributed by atoms with van der Waals surface area (Å²) in [5.74, 6) is 0.207. The van der Waals surface area contributed by atoms with Gasteiger partial charge in [-0.05, 0) is 44.2 Å². The Balaban J connectivity index is 0.00000208. The van der Waals surface area contributed by atoms with Crippen LogP contribution in [0, 0.1) is 12.8 Å². The van der Waals surface area contributed by atoms with Crippen molar-refractivity contribution in [3.05, 3.63) is 45.8 Å². The van der Waals surface area contributed by atoms with E-state index in [1.54, 1.807) is 17.9 Å². The lowest BCUT2D eigenvalue weighted by atomic mass is 9.90. The summed E-state index contributed by atoms with van der Waals surface area (Å²) in [6.07, 6.45) is 1.75. The fourth-order valence-electron chi connectivity index (χ4n) is 3.34. The first-order valence-electron chi connectivity index (χ1n) is 8.06. The lowest BCUT2D eigenvalue weighted by Crippen LogP contribution is -2.43. The van der Waals surface area contributed by atoms with Crippen molar-refractivity contribution in [3.63, 3.8) is 0 Å². The first-order chi connectivity index (χ1) is 11.0. The highest BCUT2D eigenvalue weighted by Gasteiger charge is 2.28. The van der Waals surface area contributed by atoms with Crippen molar-refractivity contribution in [3.8, 4) is 0 Å². The maximum absolute atomic E-state index is 12.8. The van der Waals surface area contributed by atoms with Gasteiger partial charge in [0.1, 0.15) is 11.1 Å². The van der Waals surface area contributed by atoms with Crippen molar-refractivity contribution < 1.29 is 9.21 Å². The number of hydrogen-bond acceptors (Lipinski definition) is 4. The maximum atomic E-state index is 12.8. The number of fused-ring (bicyclic) bond motifs is 1. The van der Waals surface area contributed by atoms with Crippen molar-refractivity contribution in [1.29, 1.82) is 0 Å². The quantitative estimate of drug-likeness (QED) is 0.845. The highest BCUT2D eigenvalue weighted by Crippen LogP contribution is 2.23. The molecular weight excluding hydrogens is 328 g/mol. The Morgan fingerprint density at radius 2 is 1.92 bits per heavy atom. The molecule has 1 atom stereocenters. The first kappa shape index (κ1) is 18.5. The van der Waals surface area contributed by atoms with Gasteiger partial charge in [-0.3, -0.25) is 4.79 Å². The molecular formula is C18H23ClN2O3. The highest BCUT2D eigenvalue weighted by molar-refractivity contribution is 5.99. The second-order valence-corrected chi connectivity index (χ2v) is 6.37. The standard InChI is InChI=1S/C18H22N2O3.ClH/c1-11-14-5-3-4-6-15(14)23-18(22)16(11)17(21)20-9-7-13(8-10-20)12(2)19;/h3-6,12-13H,7-10,19H2,1-2H3;1H. The number of nitrogens with two attached hydrogens (primary N) is 1. The lowest BCUT2D eigenvalue weighted by Gasteiger charge is -2.33. The number of aryl methyl sites for hydroxylation is 1. The average molecular weight is 351 g/mol. The number of nitrogens with zero attached hydrogens (tertiary/aromatic N) is 1. The predicted molar refractivity (Wildman–Crippen MR) is 96.7 cm³/mol. The number of para-hydroxylation sites is 1. The van der Waals surface area contributed by atoms with Crippen molar-refractivity contribution in [1.82, 2.24) is 4.90 Å². The molecule has 5 nitrogen and oxygen atoms in total. The molecule has 1 fully saturated rings. The molecule has 1 unspecified atom stereocenters. The monoisotopic (exact) mass is 350 g/mol. The van der Waals surface area contributed by atoms with E-state index in [0.29, 0.717) is 30.2 Å². The van der Waals surface area contributed by atoms with Gasteiger partial charge in [-0.2, -0.15) is 0 Å². The van der Waals surface area contributed by atoms with Crippen LogP contribution in [0.4, 0.5) is 0 Å². The molecule has 1 aliphatic heterocycles. The van der Waals surface area contributed by atoms with Gasteiger partial charge in [-0.1, -0.05) is 18.2 Å². The van der Waals surface area contributed by atoms with Crippen molar-refractivity contribution in [2.45, 2.75) is 32.7 Å². The van der Waals surface area contributed by atoms with Crippen LogP contribution in [0.1, 0.15) is 35.7 Å². The van der Waals surface area contributed by atoms with Crippen LogP contribution in [-0.4, -0.2) is 29.9 Å². The number of benzene rings is 1. The van der Waals surface area contributed by atoms with Gasteiger partial charge in [0.15, 0.2) is 0 Å². The van der Waals surface area contributed by atoms with Crippen LogP contribution in [0.3, 0.4) is 0 Å². The molecule has 3 rings (SSSR count). The fraction of sp³-hybridized carbons (Fsp3) is 0.444. The zero-order valence-electron chi connectivity index (χ0n) is 14.0. The fourth-order valence-corrected chi connectivity index (χ4v) is 3.34. The molecule has 0 saturated carbocycles. The van der Waals surface area contributed by atoms with Gasteiger partial charge < -0.3 is 15.1 Å². The third kappa shape index (κ3) is 3.32. The molecule has 130 valence electrons. The Bertz CT molecular complexity index is 792. The van der Waals surface area contributed by atoms with Crippen molar-refractivity contribution in [2.75, 3.05) is 13.1 Å². The molecule has 1 aliphatic rings. The van der Waals surface area contributed by atoms with Crippen LogP contribution in [0.5, 0.6) is 0 Å². The second kappa shape index (κ2) is 7.36. The summed E-state index contributed by atoms with van der Waals surface area (Å²) in [6, 6.07) is 7.43. The minimum absolute atomic E-state index is 0. The highest BCUT2D eigenvalue weighted by atomic mass is 35.5. The largest absolute Gasteiger partial charge is 0.422 e. The van der Waals surface area contributed by atoms with Gasteiger partial charge in [0.25, 0.3) is 5.91 Å². The Morgan fingerprint density at radius 3 is 2.54 bits per heavy atom. The van der Waals surface area contributed by atoms with E-state index < -0.39 is 5.63 Å². The summed E-state index contributed by atoms with van der Waals surface area (Å²) in [6.45, 7) is 5.08. The molecule has 2 heterocycles. The third-order valence-electron chi connectivity index (χ3n) is 4.86. The van der Waals surface area contributed by atoms with E-state index in [9.17, 15) is 9.59 Å². The molecule has 1 saturated heterocycles. The molecule has 2 N–H and O–H groups in total. The SMILES string of the molecule is Cc1c(C(=O)N2CCC(C(C)N)CC2)c(=O)oc2ccccc12.Cl. The Labute approximate surface area is 147 Å². The third-order valence-corrected chi connectivity index (χ3v) is 4.86. The molecule has 2 aromatic rings. The molecule has 0 spiro atoms. The van der Waals surface area contributed by atoms with Gasteiger partial charge in [-0.15, -0.1) is 12.4 Å². The minimum Gasteiger partial charge on any atom is -0.422 e. The maximum Gasteiger partial charge on any atom is 0.349 e. The lowest BCUT2D eigenvalue weighted by molar-refractivity contribution is 0.0676. The summed E-state index contributed by atoms with van der Waals surface area (Å²) in [5.41, 5.74) is 6.75. The molecule has 24 heavy (non-hydrogen) atoms. The Morgan fingerprint density at radius 1 is 1.29 bits per heavy atom. The smallest absolute Gasteiger partial charge is 0.349 e. The predicted octanol–water partition coefficient (Wildman–Crippen LogP) is 2.72. The Kier molecular flexibility index (Phi) is 5.67. The topological polar surface area (TPSA) is 76.5 Å². The number of likely N-dealkylation sites (tertiary alicyclic amines) is 1. The first-order valence-corrected chi connectivity index (χ1v) is 8.06. The summed E-state index contributed by atoms with van der Waals surface area (Å²) in [4.78, 5) is 26.8. The van der Waals surface area contributed by atoms with Gasteiger partial charge >= 0.3 is 5.63 Å². The van der Waals surface area contributed by atoms with E-state index in [1.807, 2.05) is 25.1 Å². The zero-order chi connectivity index (χ0) is 16.6. The summed E-state index contributed by atoms with van der Waals surface area (Å²) < 4.78 is 5.32. The second-order valence-electron chi connectivity index (χ2n) is 6.37.